The van der Waals surface area contributed by atoms with E-state index < -0.39 is 0 Å². The zero-order chi connectivity index (χ0) is 20.3. The Kier molecular flexibility index (Phi) is 4.58. The zero-order valence-corrected chi connectivity index (χ0v) is 18.0. The summed E-state index contributed by atoms with van der Waals surface area (Å²) in [6.45, 7) is 6.26. The number of hydrogen-bond donors (Lipinski definition) is 1. The van der Waals surface area contributed by atoms with Crippen molar-refractivity contribution in [3.8, 4) is 17.0 Å². The first-order valence-corrected chi connectivity index (χ1v) is 10.7. The molecule has 150 valence electrons. The Hall–Kier alpha value is -2.06. The molecule has 9 heteroatoms. The standard InChI is InChI=1S/C20H18Cl2N4O2S/c1-9(26(2)10-7-27-8-10)15-5-12-17(24-20(23)25-19(12)29-15)16-11-3-4-28-18(11)14(22)6-13(16)21/h5-6,10H,1,3-4,7-8H2,2H3,(H2,23,24,25). The van der Waals surface area contributed by atoms with E-state index in [0.717, 1.165) is 31.9 Å². The molecule has 0 spiro atoms. The number of thiophene rings is 1. The van der Waals surface area contributed by atoms with Crippen molar-refractivity contribution in [3.05, 3.63) is 39.2 Å². The third-order valence-corrected chi connectivity index (χ3v) is 7.07. The molecule has 0 unspecified atom stereocenters. The Balaban J connectivity index is 1.67. The maximum Gasteiger partial charge on any atom is 0.221 e. The van der Waals surface area contributed by atoms with Crippen LogP contribution in [-0.2, 0) is 11.2 Å². The van der Waals surface area contributed by atoms with Crippen molar-refractivity contribution in [2.45, 2.75) is 12.5 Å². The van der Waals surface area contributed by atoms with Gasteiger partial charge in [-0.2, -0.15) is 0 Å². The molecule has 1 saturated heterocycles. The van der Waals surface area contributed by atoms with E-state index in [1.807, 2.05) is 7.05 Å². The molecular weight excluding hydrogens is 431 g/mol. The highest BCUT2D eigenvalue weighted by Crippen LogP contribution is 2.46. The summed E-state index contributed by atoms with van der Waals surface area (Å²) < 4.78 is 11.0. The highest BCUT2D eigenvalue weighted by atomic mass is 35.5. The average Bonchev–Trinajstić information content (AvgIpc) is 3.26. The number of nitrogens with zero attached hydrogens (tertiary/aromatic N) is 3. The molecule has 2 aromatic heterocycles. The molecule has 29 heavy (non-hydrogen) atoms. The van der Waals surface area contributed by atoms with Gasteiger partial charge in [0, 0.05) is 35.7 Å². The van der Waals surface area contributed by atoms with Gasteiger partial charge in [-0.3, -0.25) is 0 Å². The highest BCUT2D eigenvalue weighted by Gasteiger charge is 2.28. The summed E-state index contributed by atoms with van der Waals surface area (Å²) in [7, 11) is 2.03. The summed E-state index contributed by atoms with van der Waals surface area (Å²) in [5.74, 6) is 0.868. The molecule has 4 heterocycles. The topological polar surface area (TPSA) is 73.5 Å². The fourth-order valence-corrected chi connectivity index (χ4v) is 5.37. The van der Waals surface area contributed by atoms with E-state index in [0.29, 0.717) is 53.8 Å². The number of hydrogen-bond acceptors (Lipinski definition) is 7. The van der Waals surface area contributed by atoms with E-state index in [2.05, 4.69) is 27.5 Å². The summed E-state index contributed by atoms with van der Waals surface area (Å²) >= 11 is 14.5. The SMILES string of the molecule is C=C(c1cc2c(-c3c(Cl)cc(Cl)c4c3CCO4)nc(N)nc2s1)N(C)C1COC1. The predicted octanol–water partition coefficient (Wildman–Crippen LogP) is 4.48. The molecule has 0 saturated carbocycles. The lowest BCUT2D eigenvalue weighted by Gasteiger charge is -2.36. The number of aromatic nitrogens is 2. The van der Waals surface area contributed by atoms with Gasteiger partial charge in [0.25, 0.3) is 0 Å². The van der Waals surface area contributed by atoms with Gasteiger partial charge < -0.3 is 20.1 Å². The minimum Gasteiger partial charge on any atom is -0.491 e. The fourth-order valence-electron chi connectivity index (χ4n) is 3.67. The number of nitrogen functional groups attached to an aromatic ring is 1. The van der Waals surface area contributed by atoms with Crippen LogP contribution >= 0.6 is 34.5 Å². The normalized spacial score (nSPS) is 15.8. The molecular formula is C20H18Cl2N4O2S. The minimum atomic E-state index is 0.200. The Labute approximate surface area is 181 Å². The van der Waals surface area contributed by atoms with Gasteiger partial charge in [-0.15, -0.1) is 11.3 Å². The smallest absolute Gasteiger partial charge is 0.221 e. The van der Waals surface area contributed by atoms with Crippen LogP contribution in [0.15, 0.2) is 18.7 Å². The Morgan fingerprint density at radius 3 is 2.79 bits per heavy atom. The van der Waals surface area contributed by atoms with Crippen molar-refractivity contribution in [1.29, 1.82) is 0 Å². The van der Waals surface area contributed by atoms with Gasteiger partial charge >= 0.3 is 0 Å². The number of nitrogens with two attached hydrogens (primary N) is 1. The first kappa shape index (κ1) is 18.9. The van der Waals surface area contributed by atoms with Crippen LogP contribution in [0.4, 0.5) is 5.95 Å². The van der Waals surface area contributed by atoms with Gasteiger partial charge in [0.1, 0.15) is 10.6 Å². The highest BCUT2D eigenvalue weighted by molar-refractivity contribution is 7.19. The number of likely N-dealkylation sites (N-methyl/N-ethyl adjacent to an activating group) is 1. The summed E-state index contributed by atoms with van der Waals surface area (Å²) in [4.78, 5) is 12.9. The van der Waals surface area contributed by atoms with Crippen molar-refractivity contribution in [1.82, 2.24) is 14.9 Å². The molecule has 0 amide bonds. The van der Waals surface area contributed by atoms with Crippen LogP contribution in [-0.4, -0.2) is 47.8 Å². The van der Waals surface area contributed by atoms with E-state index in [4.69, 9.17) is 38.4 Å². The average molecular weight is 449 g/mol. The second kappa shape index (κ2) is 7.02. The summed E-state index contributed by atoms with van der Waals surface area (Å²) in [5.41, 5.74) is 9.42. The van der Waals surface area contributed by atoms with E-state index in [1.54, 1.807) is 6.07 Å². The van der Waals surface area contributed by atoms with Crippen LogP contribution in [0.3, 0.4) is 0 Å². The molecule has 2 aliphatic heterocycles. The molecule has 2 aliphatic rings. The molecule has 1 fully saturated rings. The lowest BCUT2D eigenvalue weighted by Crippen LogP contribution is -2.45. The van der Waals surface area contributed by atoms with E-state index in [9.17, 15) is 0 Å². The Bertz CT molecular complexity index is 1160. The summed E-state index contributed by atoms with van der Waals surface area (Å²) in [5, 5.41) is 1.92. The number of fused-ring (bicyclic) bond motifs is 2. The molecule has 0 bridgehead atoms. The Morgan fingerprint density at radius 2 is 2.07 bits per heavy atom. The van der Waals surface area contributed by atoms with Crippen LogP contribution in [0.2, 0.25) is 10.0 Å². The number of rotatable bonds is 4. The zero-order valence-electron chi connectivity index (χ0n) is 15.7. The van der Waals surface area contributed by atoms with Crippen LogP contribution < -0.4 is 10.5 Å². The van der Waals surface area contributed by atoms with Gasteiger partial charge in [0.05, 0.1) is 46.5 Å². The van der Waals surface area contributed by atoms with E-state index in [-0.39, 0.29) is 5.95 Å². The first-order valence-electron chi connectivity index (χ1n) is 9.15. The Morgan fingerprint density at radius 1 is 1.28 bits per heavy atom. The van der Waals surface area contributed by atoms with Crippen LogP contribution in [0.5, 0.6) is 5.75 Å². The molecule has 3 aromatic rings. The maximum atomic E-state index is 6.61. The van der Waals surface area contributed by atoms with Gasteiger partial charge in [-0.1, -0.05) is 29.8 Å². The van der Waals surface area contributed by atoms with E-state index >= 15 is 0 Å². The van der Waals surface area contributed by atoms with Crippen LogP contribution in [0.25, 0.3) is 27.2 Å². The summed E-state index contributed by atoms with van der Waals surface area (Å²) in [6.07, 6.45) is 0.713. The van der Waals surface area contributed by atoms with Crippen molar-refractivity contribution < 1.29 is 9.47 Å². The molecule has 1 aromatic carbocycles. The number of ether oxygens (including phenoxy) is 2. The quantitative estimate of drug-likeness (QED) is 0.633. The molecule has 2 N–H and O–H groups in total. The first-order chi connectivity index (χ1) is 13.9. The third kappa shape index (κ3) is 3.04. The number of halogens is 2. The third-order valence-electron chi connectivity index (χ3n) is 5.41. The van der Waals surface area contributed by atoms with Crippen molar-refractivity contribution in [2.75, 3.05) is 32.6 Å². The van der Waals surface area contributed by atoms with Crippen molar-refractivity contribution in [2.24, 2.45) is 0 Å². The maximum absolute atomic E-state index is 6.61. The largest absolute Gasteiger partial charge is 0.491 e. The van der Waals surface area contributed by atoms with Crippen LogP contribution in [0, 0.1) is 0 Å². The lowest BCUT2D eigenvalue weighted by molar-refractivity contribution is -0.0375. The van der Waals surface area contributed by atoms with Gasteiger partial charge in [0.15, 0.2) is 0 Å². The molecule has 0 atom stereocenters. The number of benzene rings is 1. The minimum absolute atomic E-state index is 0.200. The predicted molar refractivity (Wildman–Crippen MR) is 118 cm³/mol. The number of anilines is 1. The fraction of sp³-hybridized carbons (Fsp3) is 0.300. The molecule has 0 aliphatic carbocycles. The van der Waals surface area contributed by atoms with Gasteiger partial charge in [-0.05, 0) is 12.1 Å². The second-order valence-electron chi connectivity index (χ2n) is 7.13. The van der Waals surface area contributed by atoms with Gasteiger partial charge in [-0.25, -0.2) is 9.97 Å². The summed E-state index contributed by atoms with van der Waals surface area (Å²) in [6, 6.07) is 4.10. The molecule has 6 nitrogen and oxygen atoms in total. The molecule has 0 radical (unpaired) electrons. The second-order valence-corrected chi connectivity index (χ2v) is 8.98. The monoisotopic (exact) mass is 448 g/mol. The van der Waals surface area contributed by atoms with Gasteiger partial charge in [0.2, 0.25) is 5.95 Å². The van der Waals surface area contributed by atoms with Crippen molar-refractivity contribution >= 4 is 56.4 Å². The van der Waals surface area contributed by atoms with Crippen LogP contribution in [0.1, 0.15) is 10.4 Å². The molecule has 5 rings (SSSR count). The lowest BCUT2D eigenvalue weighted by atomic mass is 10.00. The van der Waals surface area contributed by atoms with E-state index in [1.165, 1.54) is 11.3 Å². The van der Waals surface area contributed by atoms with Crippen molar-refractivity contribution in [3.63, 3.8) is 0 Å².